The minimum atomic E-state index is -0.712. The van der Waals surface area contributed by atoms with Crippen LogP contribution in [0.4, 0.5) is 0 Å². The Balaban J connectivity index is 1.56. The fraction of sp³-hybridized carbons (Fsp3) is 0.308. The standard InChI is InChI=1S/C26H28N2O5/c29-21-10-8-20(9-11-21)24-23(22(30)12-7-19-5-2-1-3-6-19)25(31)26(32)28(24)14-4-13-27-15-17-33-18-16-27/h1-3,5-12,24,29,31H,4,13-18H2/b12-7+. The fourth-order valence-corrected chi connectivity index (χ4v) is 4.25. The van der Waals surface area contributed by atoms with Crippen molar-refractivity contribution in [3.8, 4) is 5.75 Å². The van der Waals surface area contributed by atoms with Crippen molar-refractivity contribution in [2.75, 3.05) is 39.4 Å². The van der Waals surface area contributed by atoms with Gasteiger partial charge in [-0.25, -0.2) is 0 Å². The number of phenolic OH excluding ortho intramolecular Hbond substituents is 1. The summed E-state index contributed by atoms with van der Waals surface area (Å²) in [6.07, 6.45) is 3.76. The number of ketones is 1. The molecule has 0 aromatic heterocycles. The van der Waals surface area contributed by atoms with Crippen molar-refractivity contribution >= 4 is 17.8 Å². The Bertz CT molecular complexity index is 1040. The number of aliphatic hydroxyl groups excluding tert-OH is 1. The predicted molar refractivity (Wildman–Crippen MR) is 125 cm³/mol. The summed E-state index contributed by atoms with van der Waals surface area (Å²) in [5.41, 5.74) is 1.57. The smallest absolute Gasteiger partial charge is 0.290 e. The van der Waals surface area contributed by atoms with Crippen LogP contribution < -0.4 is 0 Å². The van der Waals surface area contributed by atoms with Crippen LogP contribution in [0.3, 0.4) is 0 Å². The summed E-state index contributed by atoms with van der Waals surface area (Å²) in [6.45, 7) is 4.30. The van der Waals surface area contributed by atoms with Gasteiger partial charge in [-0.05, 0) is 35.8 Å². The molecule has 4 rings (SSSR count). The summed E-state index contributed by atoms with van der Waals surface area (Å²) in [5, 5.41) is 20.4. The van der Waals surface area contributed by atoms with Crippen molar-refractivity contribution in [1.29, 1.82) is 0 Å². The second-order valence-electron chi connectivity index (χ2n) is 8.17. The van der Waals surface area contributed by atoms with Gasteiger partial charge in [0.05, 0.1) is 24.8 Å². The number of allylic oxidation sites excluding steroid dienone is 1. The van der Waals surface area contributed by atoms with Crippen LogP contribution in [-0.2, 0) is 14.3 Å². The Hall–Kier alpha value is -3.42. The lowest BCUT2D eigenvalue weighted by Crippen LogP contribution is -2.39. The monoisotopic (exact) mass is 448 g/mol. The topological polar surface area (TPSA) is 90.3 Å². The van der Waals surface area contributed by atoms with Crippen LogP contribution >= 0.6 is 0 Å². The highest BCUT2D eigenvalue weighted by molar-refractivity contribution is 6.14. The number of nitrogens with zero attached hydrogens (tertiary/aromatic N) is 2. The summed E-state index contributed by atoms with van der Waals surface area (Å²) in [5.74, 6) is -1.39. The van der Waals surface area contributed by atoms with E-state index in [1.165, 1.54) is 18.2 Å². The van der Waals surface area contributed by atoms with Gasteiger partial charge < -0.3 is 19.8 Å². The van der Waals surface area contributed by atoms with Gasteiger partial charge >= 0.3 is 0 Å². The van der Waals surface area contributed by atoms with E-state index in [1.807, 2.05) is 30.3 Å². The number of aromatic hydroxyl groups is 1. The second kappa shape index (κ2) is 10.5. The third-order valence-electron chi connectivity index (χ3n) is 5.98. The predicted octanol–water partition coefficient (Wildman–Crippen LogP) is 3.09. The van der Waals surface area contributed by atoms with Crippen LogP contribution in [0.2, 0.25) is 0 Å². The molecule has 7 nitrogen and oxygen atoms in total. The molecule has 2 N–H and O–H groups in total. The maximum absolute atomic E-state index is 13.1. The number of ether oxygens (including phenoxy) is 1. The molecule has 1 saturated heterocycles. The molecule has 2 aromatic rings. The van der Waals surface area contributed by atoms with Gasteiger partial charge in [0.2, 0.25) is 0 Å². The summed E-state index contributed by atoms with van der Waals surface area (Å²) in [4.78, 5) is 29.9. The number of rotatable bonds is 8. The number of carbonyl (C=O) groups excluding carboxylic acids is 2. The van der Waals surface area contributed by atoms with Gasteiger partial charge in [-0.2, -0.15) is 0 Å². The van der Waals surface area contributed by atoms with Gasteiger partial charge in [-0.1, -0.05) is 48.5 Å². The highest BCUT2D eigenvalue weighted by Crippen LogP contribution is 2.38. The number of hydrogen-bond acceptors (Lipinski definition) is 6. The minimum absolute atomic E-state index is 0.0595. The average molecular weight is 449 g/mol. The van der Waals surface area contributed by atoms with E-state index in [1.54, 1.807) is 23.1 Å². The first-order chi connectivity index (χ1) is 16.0. The van der Waals surface area contributed by atoms with Crippen molar-refractivity contribution < 1.29 is 24.5 Å². The molecule has 2 aliphatic heterocycles. The van der Waals surface area contributed by atoms with E-state index in [9.17, 15) is 19.8 Å². The Kier molecular flexibility index (Phi) is 7.22. The fourth-order valence-electron chi connectivity index (χ4n) is 4.25. The Morgan fingerprint density at radius 3 is 2.39 bits per heavy atom. The first-order valence-corrected chi connectivity index (χ1v) is 11.1. The van der Waals surface area contributed by atoms with Gasteiger partial charge in [0.25, 0.3) is 5.91 Å². The largest absolute Gasteiger partial charge is 0.508 e. The molecule has 1 unspecified atom stereocenters. The van der Waals surface area contributed by atoms with E-state index >= 15 is 0 Å². The number of aliphatic hydroxyl groups is 1. The molecule has 0 radical (unpaired) electrons. The van der Waals surface area contributed by atoms with Crippen molar-refractivity contribution in [2.45, 2.75) is 12.5 Å². The third kappa shape index (κ3) is 5.32. The van der Waals surface area contributed by atoms with Crippen LogP contribution in [0, 0.1) is 0 Å². The van der Waals surface area contributed by atoms with Crippen LogP contribution in [0.1, 0.15) is 23.6 Å². The van der Waals surface area contributed by atoms with E-state index in [-0.39, 0.29) is 11.3 Å². The van der Waals surface area contributed by atoms with Crippen LogP contribution in [0.15, 0.2) is 72.0 Å². The summed E-state index contributed by atoms with van der Waals surface area (Å²) >= 11 is 0. The quantitative estimate of drug-likeness (QED) is 0.603. The summed E-state index contributed by atoms with van der Waals surface area (Å²) in [7, 11) is 0. The van der Waals surface area contributed by atoms with Crippen molar-refractivity contribution in [3.05, 3.63) is 83.1 Å². The number of morpholine rings is 1. The highest BCUT2D eigenvalue weighted by Gasteiger charge is 2.42. The maximum atomic E-state index is 13.1. The first-order valence-electron chi connectivity index (χ1n) is 11.1. The van der Waals surface area contributed by atoms with Crippen LogP contribution in [0.25, 0.3) is 6.08 Å². The lowest BCUT2D eigenvalue weighted by atomic mass is 9.95. The molecule has 0 saturated carbocycles. The molecule has 0 spiro atoms. The van der Waals surface area contributed by atoms with Gasteiger partial charge in [-0.15, -0.1) is 0 Å². The normalized spacial score (nSPS) is 19.6. The van der Waals surface area contributed by atoms with Gasteiger partial charge in [0.1, 0.15) is 5.75 Å². The zero-order chi connectivity index (χ0) is 23.2. The SMILES string of the molecule is O=C(/C=C/c1ccccc1)C1=C(O)C(=O)N(CCCN2CCOCC2)C1c1ccc(O)cc1. The molecule has 172 valence electrons. The Morgan fingerprint density at radius 2 is 1.70 bits per heavy atom. The minimum Gasteiger partial charge on any atom is -0.508 e. The molecule has 2 aromatic carbocycles. The first kappa shape index (κ1) is 22.8. The van der Waals surface area contributed by atoms with Crippen molar-refractivity contribution in [1.82, 2.24) is 9.80 Å². The maximum Gasteiger partial charge on any atom is 0.290 e. The molecule has 2 heterocycles. The van der Waals surface area contributed by atoms with E-state index < -0.39 is 23.5 Å². The zero-order valence-corrected chi connectivity index (χ0v) is 18.4. The van der Waals surface area contributed by atoms with Gasteiger partial charge in [0, 0.05) is 26.2 Å². The Morgan fingerprint density at radius 1 is 1.00 bits per heavy atom. The zero-order valence-electron chi connectivity index (χ0n) is 18.4. The molecule has 1 atom stereocenters. The van der Waals surface area contributed by atoms with Crippen LogP contribution in [0.5, 0.6) is 5.75 Å². The number of carbonyl (C=O) groups is 2. The lowest BCUT2D eigenvalue weighted by Gasteiger charge is -2.29. The number of phenols is 1. The van der Waals surface area contributed by atoms with E-state index in [0.717, 1.165) is 25.2 Å². The Labute approximate surface area is 193 Å². The summed E-state index contributed by atoms with van der Waals surface area (Å²) < 4.78 is 5.38. The number of benzene rings is 2. The average Bonchev–Trinajstić information content (AvgIpc) is 3.09. The highest BCUT2D eigenvalue weighted by atomic mass is 16.5. The van der Waals surface area contributed by atoms with Crippen molar-refractivity contribution in [3.63, 3.8) is 0 Å². The second-order valence-corrected chi connectivity index (χ2v) is 8.17. The van der Waals surface area contributed by atoms with Crippen molar-refractivity contribution in [2.24, 2.45) is 0 Å². The van der Waals surface area contributed by atoms with Crippen LogP contribution in [-0.4, -0.2) is 71.1 Å². The third-order valence-corrected chi connectivity index (χ3v) is 5.98. The van der Waals surface area contributed by atoms with Gasteiger partial charge in [-0.3, -0.25) is 14.5 Å². The molecular weight excluding hydrogens is 420 g/mol. The molecule has 2 aliphatic rings. The number of amides is 1. The molecule has 1 amide bonds. The molecular formula is C26H28N2O5. The molecule has 0 bridgehead atoms. The lowest BCUT2D eigenvalue weighted by molar-refractivity contribution is -0.129. The molecule has 7 heteroatoms. The molecule has 1 fully saturated rings. The molecule has 33 heavy (non-hydrogen) atoms. The summed E-state index contributed by atoms with van der Waals surface area (Å²) in [6, 6.07) is 15.0. The molecule has 0 aliphatic carbocycles. The van der Waals surface area contributed by atoms with E-state index in [4.69, 9.17) is 4.74 Å². The van der Waals surface area contributed by atoms with E-state index in [2.05, 4.69) is 4.90 Å². The van der Waals surface area contributed by atoms with E-state index in [0.29, 0.717) is 31.7 Å². The number of hydrogen-bond donors (Lipinski definition) is 2. The van der Waals surface area contributed by atoms with Gasteiger partial charge in [0.15, 0.2) is 11.5 Å².